The van der Waals surface area contributed by atoms with E-state index in [2.05, 4.69) is 77.6 Å². The van der Waals surface area contributed by atoms with Gasteiger partial charge in [0.2, 0.25) is 0 Å². The van der Waals surface area contributed by atoms with Gasteiger partial charge in [0.15, 0.2) is 0 Å². The summed E-state index contributed by atoms with van der Waals surface area (Å²) in [5.41, 5.74) is 3.84. The summed E-state index contributed by atoms with van der Waals surface area (Å²) in [6, 6.07) is 9.43. The summed E-state index contributed by atoms with van der Waals surface area (Å²) in [7, 11) is 0. The van der Waals surface area contributed by atoms with Crippen molar-refractivity contribution < 1.29 is 0 Å². The standard InChI is InChI=1S/C24H41N/c1-19(16-23(2,3)4)22-10-8-21(9-11-22)18-25-14-12-20(13-15-25)17-24(5,6)7/h8-11,19-20H,12-18H2,1-7H3. The second kappa shape index (κ2) is 8.25. The van der Waals surface area contributed by atoms with Gasteiger partial charge in [-0.3, -0.25) is 4.90 Å². The highest BCUT2D eigenvalue weighted by Crippen LogP contribution is 2.32. The van der Waals surface area contributed by atoms with E-state index < -0.39 is 0 Å². The number of hydrogen-bond acceptors (Lipinski definition) is 1. The molecule has 0 amide bonds. The highest BCUT2D eigenvalue weighted by Gasteiger charge is 2.24. The van der Waals surface area contributed by atoms with Crippen molar-refractivity contribution >= 4 is 0 Å². The molecular formula is C24H41N. The van der Waals surface area contributed by atoms with Gasteiger partial charge in [-0.1, -0.05) is 72.7 Å². The van der Waals surface area contributed by atoms with Crippen molar-refractivity contribution in [1.29, 1.82) is 0 Å². The van der Waals surface area contributed by atoms with Crippen LogP contribution in [0, 0.1) is 16.7 Å². The Kier molecular flexibility index (Phi) is 6.76. The topological polar surface area (TPSA) is 3.24 Å². The van der Waals surface area contributed by atoms with E-state index in [9.17, 15) is 0 Å². The van der Waals surface area contributed by atoms with Crippen molar-refractivity contribution in [2.75, 3.05) is 13.1 Å². The van der Waals surface area contributed by atoms with Gasteiger partial charge in [0, 0.05) is 6.54 Å². The molecule has 1 aromatic carbocycles. The Morgan fingerprint density at radius 1 is 0.920 bits per heavy atom. The van der Waals surface area contributed by atoms with E-state index >= 15 is 0 Å². The van der Waals surface area contributed by atoms with Gasteiger partial charge in [-0.15, -0.1) is 0 Å². The molecule has 0 N–H and O–H groups in total. The predicted octanol–water partition coefficient (Wildman–Crippen LogP) is 6.87. The third-order valence-corrected chi connectivity index (χ3v) is 5.48. The van der Waals surface area contributed by atoms with Crippen LogP contribution in [-0.4, -0.2) is 18.0 Å². The van der Waals surface area contributed by atoms with E-state index in [0.29, 0.717) is 16.7 Å². The van der Waals surface area contributed by atoms with Crippen LogP contribution in [0.15, 0.2) is 24.3 Å². The Morgan fingerprint density at radius 2 is 1.48 bits per heavy atom. The normalized spacial score (nSPS) is 19.2. The van der Waals surface area contributed by atoms with Gasteiger partial charge in [-0.05, 0) is 72.6 Å². The molecule has 142 valence electrons. The maximum atomic E-state index is 2.65. The lowest BCUT2D eigenvalue weighted by Crippen LogP contribution is -2.34. The third kappa shape index (κ3) is 7.52. The molecule has 1 aromatic rings. The Labute approximate surface area is 157 Å². The lowest BCUT2D eigenvalue weighted by Gasteiger charge is -2.35. The maximum Gasteiger partial charge on any atom is 0.0233 e. The first-order valence-corrected chi connectivity index (χ1v) is 10.3. The molecule has 0 aromatic heterocycles. The molecule has 1 aliphatic heterocycles. The molecule has 1 heterocycles. The molecule has 2 rings (SSSR count). The molecule has 1 nitrogen and oxygen atoms in total. The second-order valence-corrected chi connectivity index (χ2v) is 10.9. The lowest BCUT2D eigenvalue weighted by atomic mass is 9.80. The number of likely N-dealkylation sites (tertiary alicyclic amines) is 1. The molecule has 0 aliphatic carbocycles. The smallest absolute Gasteiger partial charge is 0.0233 e. The molecule has 1 unspecified atom stereocenters. The van der Waals surface area contributed by atoms with Gasteiger partial charge in [-0.25, -0.2) is 0 Å². The lowest BCUT2D eigenvalue weighted by molar-refractivity contribution is 0.147. The van der Waals surface area contributed by atoms with Crippen LogP contribution < -0.4 is 0 Å². The molecule has 0 bridgehead atoms. The van der Waals surface area contributed by atoms with Crippen molar-refractivity contribution in [2.24, 2.45) is 16.7 Å². The van der Waals surface area contributed by atoms with E-state index in [1.54, 1.807) is 0 Å². The quantitative estimate of drug-likeness (QED) is 0.563. The fraction of sp³-hybridized carbons (Fsp3) is 0.750. The highest BCUT2D eigenvalue weighted by molar-refractivity contribution is 5.25. The first kappa shape index (κ1) is 20.5. The Hall–Kier alpha value is -0.820. The minimum Gasteiger partial charge on any atom is -0.299 e. The molecule has 25 heavy (non-hydrogen) atoms. The molecule has 0 saturated carbocycles. The fourth-order valence-corrected chi connectivity index (χ4v) is 4.46. The van der Waals surface area contributed by atoms with E-state index in [0.717, 1.165) is 12.5 Å². The minimum atomic E-state index is 0.398. The zero-order chi connectivity index (χ0) is 18.7. The van der Waals surface area contributed by atoms with Crippen molar-refractivity contribution in [1.82, 2.24) is 4.90 Å². The Morgan fingerprint density at radius 3 is 1.96 bits per heavy atom. The van der Waals surface area contributed by atoms with Crippen LogP contribution in [0.5, 0.6) is 0 Å². The molecule has 1 atom stereocenters. The summed E-state index contributed by atoms with van der Waals surface area (Å²) in [5, 5.41) is 0. The summed E-state index contributed by atoms with van der Waals surface area (Å²) >= 11 is 0. The number of piperidine rings is 1. The average molecular weight is 344 g/mol. The van der Waals surface area contributed by atoms with Crippen LogP contribution in [0.25, 0.3) is 0 Å². The minimum absolute atomic E-state index is 0.398. The van der Waals surface area contributed by atoms with E-state index in [1.807, 2.05) is 0 Å². The van der Waals surface area contributed by atoms with Gasteiger partial charge in [0.25, 0.3) is 0 Å². The molecule has 0 radical (unpaired) electrons. The van der Waals surface area contributed by atoms with Gasteiger partial charge in [0.1, 0.15) is 0 Å². The molecule has 0 spiro atoms. The number of benzene rings is 1. The Balaban J connectivity index is 1.82. The molecule has 1 heteroatoms. The molecule has 1 saturated heterocycles. The van der Waals surface area contributed by atoms with Gasteiger partial charge >= 0.3 is 0 Å². The van der Waals surface area contributed by atoms with Crippen LogP contribution in [-0.2, 0) is 6.54 Å². The monoisotopic (exact) mass is 343 g/mol. The van der Waals surface area contributed by atoms with Crippen molar-refractivity contribution in [3.63, 3.8) is 0 Å². The number of nitrogens with zero attached hydrogens (tertiary/aromatic N) is 1. The molecule has 1 aliphatic rings. The van der Waals surface area contributed by atoms with Crippen molar-refractivity contribution in [3.05, 3.63) is 35.4 Å². The summed E-state index contributed by atoms with van der Waals surface area (Å²) < 4.78 is 0. The predicted molar refractivity (Wildman–Crippen MR) is 111 cm³/mol. The van der Waals surface area contributed by atoms with Crippen LogP contribution in [0.1, 0.15) is 91.2 Å². The zero-order valence-corrected chi connectivity index (χ0v) is 17.9. The van der Waals surface area contributed by atoms with Crippen LogP contribution in [0.2, 0.25) is 0 Å². The van der Waals surface area contributed by atoms with Crippen molar-refractivity contribution in [2.45, 2.75) is 86.6 Å². The van der Waals surface area contributed by atoms with E-state index in [4.69, 9.17) is 0 Å². The largest absolute Gasteiger partial charge is 0.299 e. The first-order chi connectivity index (χ1) is 11.5. The third-order valence-electron chi connectivity index (χ3n) is 5.48. The van der Waals surface area contributed by atoms with E-state index in [-0.39, 0.29) is 0 Å². The molecule has 1 fully saturated rings. The van der Waals surface area contributed by atoms with Crippen LogP contribution >= 0.6 is 0 Å². The van der Waals surface area contributed by atoms with Gasteiger partial charge < -0.3 is 0 Å². The van der Waals surface area contributed by atoms with E-state index in [1.165, 1.54) is 49.9 Å². The maximum absolute atomic E-state index is 2.65. The highest BCUT2D eigenvalue weighted by atomic mass is 15.1. The number of hydrogen-bond donors (Lipinski definition) is 0. The van der Waals surface area contributed by atoms with Crippen LogP contribution in [0.3, 0.4) is 0 Å². The Bertz CT molecular complexity index is 507. The summed E-state index contributed by atoms with van der Waals surface area (Å²) in [5.74, 6) is 1.57. The van der Waals surface area contributed by atoms with Gasteiger partial charge in [-0.2, -0.15) is 0 Å². The fourth-order valence-electron chi connectivity index (χ4n) is 4.46. The summed E-state index contributed by atoms with van der Waals surface area (Å²) in [4.78, 5) is 2.65. The SMILES string of the molecule is CC(CC(C)(C)C)c1ccc(CN2CCC(CC(C)(C)C)CC2)cc1. The van der Waals surface area contributed by atoms with Crippen molar-refractivity contribution in [3.8, 4) is 0 Å². The average Bonchev–Trinajstić information content (AvgIpc) is 2.47. The summed E-state index contributed by atoms with van der Waals surface area (Å²) in [6.07, 6.45) is 5.37. The zero-order valence-electron chi connectivity index (χ0n) is 17.9. The van der Waals surface area contributed by atoms with Crippen LogP contribution in [0.4, 0.5) is 0 Å². The molecular weight excluding hydrogens is 302 g/mol. The second-order valence-electron chi connectivity index (χ2n) is 10.9. The first-order valence-electron chi connectivity index (χ1n) is 10.3. The number of rotatable bonds is 5. The summed E-state index contributed by atoms with van der Waals surface area (Å²) in [6.45, 7) is 20.1. The van der Waals surface area contributed by atoms with Gasteiger partial charge in [0.05, 0.1) is 0 Å².